The number of amides is 2. The highest BCUT2D eigenvalue weighted by Crippen LogP contribution is 2.22. The lowest BCUT2D eigenvalue weighted by molar-refractivity contribution is -0.121. The maximum Gasteiger partial charge on any atom is 0.269 e. The number of rotatable bonds is 5. The van der Waals surface area contributed by atoms with E-state index >= 15 is 0 Å². The molecule has 0 spiro atoms. The Balaban J connectivity index is 1.27. The Bertz CT molecular complexity index is 1070. The van der Waals surface area contributed by atoms with Gasteiger partial charge >= 0.3 is 0 Å². The van der Waals surface area contributed by atoms with Crippen molar-refractivity contribution in [1.29, 1.82) is 0 Å². The van der Waals surface area contributed by atoms with E-state index in [0.29, 0.717) is 12.0 Å². The Kier molecular flexibility index (Phi) is 5.02. The molecule has 4 aromatic rings. The van der Waals surface area contributed by atoms with Gasteiger partial charge in [-0.3, -0.25) is 20.4 Å². The molecule has 0 aliphatic carbocycles. The van der Waals surface area contributed by atoms with Crippen molar-refractivity contribution in [1.82, 2.24) is 36.0 Å². The van der Waals surface area contributed by atoms with Crippen molar-refractivity contribution in [2.75, 3.05) is 0 Å². The van der Waals surface area contributed by atoms with Crippen molar-refractivity contribution >= 4 is 33.4 Å². The van der Waals surface area contributed by atoms with Crippen molar-refractivity contribution in [3.63, 3.8) is 0 Å². The molecule has 0 unspecified atom stereocenters. The third-order valence-electron chi connectivity index (χ3n) is 3.96. The number of nitrogens with zero attached hydrogens (tertiary/aromatic N) is 5. The van der Waals surface area contributed by atoms with E-state index in [-0.39, 0.29) is 12.3 Å². The Morgan fingerprint density at radius 1 is 1.04 bits per heavy atom. The number of hydrogen-bond acceptors (Lipinski definition) is 7. The van der Waals surface area contributed by atoms with Gasteiger partial charge in [0.05, 0.1) is 20.9 Å². The zero-order valence-corrected chi connectivity index (χ0v) is 15.4. The topological polar surface area (TPSA) is 115 Å². The van der Waals surface area contributed by atoms with Crippen LogP contribution in [0.2, 0.25) is 0 Å². The second kappa shape index (κ2) is 7.92. The first kappa shape index (κ1) is 17.7. The van der Waals surface area contributed by atoms with E-state index in [2.05, 4.69) is 31.4 Å². The number of tetrazole rings is 1. The minimum absolute atomic E-state index is 0.234. The quantitative estimate of drug-likeness (QED) is 0.499. The average Bonchev–Trinajstić information content (AvgIpc) is 3.40. The van der Waals surface area contributed by atoms with E-state index in [0.717, 1.165) is 20.9 Å². The first-order valence-electron chi connectivity index (χ1n) is 8.46. The van der Waals surface area contributed by atoms with Crippen LogP contribution >= 0.6 is 11.3 Å². The van der Waals surface area contributed by atoms with Crippen molar-refractivity contribution in [3.05, 3.63) is 65.4 Å². The molecule has 28 heavy (non-hydrogen) atoms. The molecule has 2 N–H and O–H groups in total. The third kappa shape index (κ3) is 4.01. The van der Waals surface area contributed by atoms with E-state index in [9.17, 15) is 9.59 Å². The van der Waals surface area contributed by atoms with Crippen LogP contribution in [-0.2, 0) is 11.2 Å². The number of benzene rings is 2. The van der Waals surface area contributed by atoms with Crippen molar-refractivity contribution in [3.8, 4) is 5.69 Å². The van der Waals surface area contributed by atoms with Gasteiger partial charge in [0, 0.05) is 18.4 Å². The van der Waals surface area contributed by atoms with Crippen LogP contribution in [0.4, 0.5) is 0 Å². The standard InChI is InChI=1S/C18H15N7O2S/c26-16(9-10-17-20-14-3-1-2-4-15(14)28-17)21-22-18(27)12-5-7-13(8-6-12)25-11-19-23-24-25/h1-8,11H,9-10H2,(H,21,26)(H,22,27). The van der Waals surface area contributed by atoms with E-state index in [1.807, 2.05) is 24.3 Å². The number of nitrogens with one attached hydrogen (secondary N) is 2. The molecule has 0 radical (unpaired) electrons. The lowest BCUT2D eigenvalue weighted by Gasteiger charge is -2.07. The lowest BCUT2D eigenvalue weighted by atomic mass is 10.2. The minimum atomic E-state index is -0.406. The van der Waals surface area contributed by atoms with Gasteiger partial charge < -0.3 is 0 Å². The van der Waals surface area contributed by atoms with Gasteiger partial charge in [-0.25, -0.2) is 9.67 Å². The van der Waals surface area contributed by atoms with E-state index in [1.165, 1.54) is 11.0 Å². The molecule has 0 aliphatic rings. The number of fused-ring (bicyclic) bond motifs is 1. The number of thiazole rings is 1. The van der Waals surface area contributed by atoms with Gasteiger partial charge in [0.15, 0.2) is 0 Å². The summed E-state index contributed by atoms with van der Waals surface area (Å²) >= 11 is 1.57. The highest BCUT2D eigenvalue weighted by Gasteiger charge is 2.10. The SMILES string of the molecule is O=C(CCc1nc2ccccc2s1)NNC(=O)c1ccc(-n2cnnn2)cc1. The van der Waals surface area contributed by atoms with Gasteiger partial charge in [-0.05, 0) is 46.8 Å². The monoisotopic (exact) mass is 393 g/mol. The molecule has 2 aromatic heterocycles. The fraction of sp³-hybridized carbons (Fsp3) is 0.111. The Morgan fingerprint density at radius 3 is 2.61 bits per heavy atom. The summed E-state index contributed by atoms with van der Waals surface area (Å²) in [6.07, 6.45) is 2.21. The predicted molar refractivity (Wildman–Crippen MR) is 103 cm³/mol. The van der Waals surface area contributed by atoms with E-state index in [1.54, 1.807) is 35.6 Å². The second-order valence-electron chi connectivity index (χ2n) is 5.88. The molecule has 0 aliphatic heterocycles. The number of aryl methyl sites for hydroxylation is 1. The number of para-hydroxylation sites is 1. The Morgan fingerprint density at radius 2 is 1.86 bits per heavy atom. The maximum atomic E-state index is 12.2. The molecule has 2 heterocycles. The Hall–Kier alpha value is -3.66. The molecule has 0 saturated heterocycles. The molecule has 4 rings (SSSR count). The summed E-state index contributed by atoms with van der Waals surface area (Å²) in [5.74, 6) is -0.686. The number of carbonyl (C=O) groups is 2. The third-order valence-corrected chi connectivity index (χ3v) is 5.06. The summed E-state index contributed by atoms with van der Waals surface area (Å²) in [6.45, 7) is 0. The highest BCUT2D eigenvalue weighted by atomic mass is 32.1. The van der Waals surface area contributed by atoms with Crippen LogP contribution in [0.15, 0.2) is 54.9 Å². The van der Waals surface area contributed by atoms with Crippen LogP contribution in [0, 0.1) is 0 Å². The van der Waals surface area contributed by atoms with Crippen molar-refractivity contribution in [2.24, 2.45) is 0 Å². The van der Waals surface area contributed by atoms with Gasteiger partial charge in [0.2, 0.25) is 5.91 Å². The predicted octanol–water partition coefficient (Wildman–Crippen LogP) is 1.67. The first-order valence-corrected chi connectivity index (χ1v) is 9.28. The summed E-state index contributed by atoms with van der Waals surface area (Å²) in [7, 11) is 0. The van der Waals surface area contributed by atoms with Crippen LogP contribution < -0.4 is 10.9 Å². The lowest BCUT2D eigenvalue weighted by Crippen LogP contribution is -2.41. The molecule has 9 nitrogen and oxygen atoms in total. The van der Waals surface area contributed by atoms with Crippen LogP contribution in [0.5, 0.6) is 0 Å². The van der Waals surface area contributed by atoms with E-state index < -0.39 is 5.91 Å². The maximum absolute atomic E-state index is 12.2. The fourth-order valence-electron chi connectivity index (χ4n) is 2.55. The van der Waals surface area contributed by atoms with Crippen molar-refractivity contribution in [2.45, 2.75) is 12.8 Å². The van der Waals surface area contributed by atoms with Gasteiger partial charge in [-0.1, -0.05) is 12.1 Å². The van der Waals surface area contributed by atoms with Gasteiger partial charge in [-0.15, -0.1) is 16.4 Å². The second-order valence-corrected chi connectivity index (χ2v) is 6.99. The largest absolute Gasteiger partial charge is 0.273 e. The zero-order chi connectivity index (χ0) is 19.3. The van der Waals surface area contributed by atoms with Crippen LogP contribution in [0.25, 0.3) is 15.9 Å². The summed E-state index contributed by atoms with van der Waals surface area (Å²) in [4.78, 5) is 28.6. The van der Waals surface area contributed by atoms with Gasteiger partial charge in [-0.2, -0.15) is 0 Å². The molecule has 0 saturated carbocycles. The number of hydrogen-bond donors (Lipinski definition) is 2. The van der Waals surface area contributed by atoms with E-state index in [4.69, 9.17) is 0 Å². The fourth-order valence-corrected chi connectivity index (χ4v) is 3.52. The van der Waals surface area contributed by atoms with Crippen LogP contribution in [-0.4, -0.2) is 37.0 Å². The smallest absolute Gasteiger partial charge is 0.269 e. The Labute approximate surface area is 163 Å². The highest BCUT2D eigenvalue weighted by molar-refractivity contribution is 7.18. The normalized spacial score (nSPS) is 10.7. The van der Waals surface area contributed by atoms with Crippen LogP contribution in [0.3, 0.4) is 0 Å². The first-order chi connectivity index (χ1) is 13.7. The molecule has 140 valence electrons. The molecule has 0 fully saturated rings. The summed E-state index contributed by atoms with van der Waals surface area (Å²) in [6, 6.07) is 14.5. The zero-order valence-electron chi connectivity index (χ0n) is 14.6. The van der Waals surface area contributed by atoms with Gasteiger partial charge in [0.25, 0.3) is 5.91 Å². The molecular formula is C18H15N7O2S. The minimum Gasteiger partial charge on any atom is -0.273 e. The van der Waals surface area contributed by atoms with Crippen molar-refractivity contribution < 1.29 is 9.59 Å². The molecule has 2 aromatic carbocycles. The number of carbonyl (C=O) groups excluding carboxylic acids is 2. The summed E-state index contributed by atoms with van der Waals surface area (Å²) < 4.78 is 2.57. The molecule has 0 bridgehead atoms. The number of aromatic nitrogens is 5. The molecular weight excluding hydrogens is 378 g/mol. The summed E-state index contributed by atoms with van der Waals surface area (Å²) in [5.41, 5.74) is 6.90. The van der Waals surface area contributed by atoms with Crippen LogP contribution in [0.1, 0.15) is 21.8 Å². The summed E-state index contributed by atoms with van der Waals surface area (Å²) in [5, 5.41) is 11.8. The average molecular weight is 393 g/mol. The molecule has 2 amide bonds. The molecule has 10 heteroatoms. The molecule has 0 atom stereocenters. The van der Waals surface area contributed by atoms with Gasteiger partial charge in [0.1, 0.15) is 6.33 Å². The number of hydrazine groups is 1.